The summed E-state index contributed by atoms with van der Waals surface area (Å²) in [7, 11) is 0. The molecule has 0 atom stereocenters. The monoisotopic (exact) mass is 264 g/mol. The van der Waals surface area contributed by atoms with Gasteiger partial charge in [0.05, 0.1) is 12.3 Å². The normalized spacial score (nSPS) is 10.9. The molecule has 2 aromatic rings. The highest BCUT2D eigenvalue weighted by Gasteiger charge is 2.08. The zero-order valence-corrected chi connectivity index (χ0v) is 11.0. The molecule has 0 fully saturated rings. The lowest BCUT2D eigenvalue weighted by Crippen LogP contribution is -2.14. The van der Waals surface area contributed by atoms with Gasteiger partial charge in [0.15, 0.2) is 0 Å². The highest BCUT2D eigenvalue weighted by Crippen LogP contribution is 2.13. The number of rotatable bonds is 5. The molecule has 19 heavy (non-hydrogen) atoms. The predicted molar refractivity (Wildman–Crippen MR) is 68.8 cm³/mol. The summed E-state index contributed by atoms with van der Waals surface area (Å²) in [4.78, 5) is 0. The van der Waals surface area contributed by atoms with Gasteiger partial charge in [-0.1, -0.05) is 11.2 Å². The maximum atomic E-state index is 13.2. The molecule has 4 nitrogen and oxygen atoms in total. The molecule has 0 bridgehead atoms. The molecule has 0 saturated carbocycles. The van der Waals surface area contributed by atoms with Crippen LogP contribution >= 0.6 is 0 Å². The first-order valence-corrected chi connectivity index (χ1v) is 6.12. The molecule has 0 amide bonds. The van der Waals surface area contributed by atoms with E-state index in [1.54, 1.807) is 12.1 Å². The van der Waals surface area contributed by atoms with Crippen LogP contribution in [0.25, 0.3) is 0 Å². The second kappa shape index (κ2) is 5.95. The first-order valence-electron chi connectivity index (χ1n) is 6.12. The molecule has 0 unspecified atom stereocenters. The molecular weight excluding hydrogens is 247 g/mol. The van der Waals surface area contributed by atoms with Crippen molar-refractivity contribution in [1.29, 1.82) is 0 Å². The van der Waals surface area contributed by atoms with Crippen LogP contribution in [0.4, 0.5) is 4.39 Å². The van der Waals surface area contributed by atoms with Crippen LogP contribution in [0.3, 0.4) is 0 Å². The summed E-state index contributed by atoms with van der Waals surface area (Å²) in [6, 6.07) is 4.74. The van der Waals surface area contributed by atoms with Gasteiger partial charge in [-0.2, -0.15) is 0 Å². The molecular formula is C14H17FN2O2. The highest BCUT2D eigenvalue weighted by atomic mass is 19.1. The van der Waals surface area contributed by atoms with E-state index in [0.717, 1.165) is 22.6 Å². The van der Waals surface area contributed by atoms with Gasteiger partial charge in [-0.3, -0.25) is 0 Å². The van der Waals surface area contributed by atoms with Gasteiger partial charge in [-0.05, 0) is 31.5 Å². The maximum Gasteiger partial charge on any atom is 0.138 e. The first-order chi connectivity index (χ1) is 9.11. The number of nitrogens with one attached hydrogen (secondary N) is 1. The van der Waals surface area contributed by atoms with Crippen molar-refractivity contribution in [3.05, 3.63) is 52.2 Å². The van der Waals surface area contributed by atoms with Gasteiger partial charge in [-0.25, -0.2) is 4.39 Å². The van der Waals surface area contributed by atoms with Crippen LogP contribution in [0.5, 0.6) is 0 Å². The minimum Gasteiger partial charge on any atom is -0.392 e. The lowest BCUT2D eigenvalue weighted by atomic mass is 10.1. The van der Waals surface area contributed by atoms with Crippen molar-refractivity contribution in [3.8, 4) is 0 Å². The van der Waals surface area contributed by atoms with Gasteiger partial charge in [0.1, 0.15) is 11.6 Å². The van der Waals surface area contributed by atoms with Gasteiger partial charge in [0.2, 0.25) is 0 Å². The molecule has 0 saturated heterocycles. The number of aliphatic hydroxyl groups is 1. The Morgan fingerprint density at radius 2 is 2.11 bits per heavy atom. The molecule has 0 aliphatic rings. The summed E-state index contributed by atoms with van der Waals surface area (Å²) in [5.41, 5.74) is 3.17. The summed E-state index contributed by atoms with van der Waals surface area (Å²) >= 11 is 0. The Kier molecular flexibility index (Phi) is 4.29. The van der Waals surface area contributed by atoms with E-state index in [4.69, 9.17) is 9.63 Å². The van der Waals surface area contributed by atoms with Crippen LogP contribution < -0.4 is 5.32 Å². The lowest BCUT2D eigenvalue weighted by Gasteiger charge is -2.07. The van der Waals surface area contributed by atoms with Crippen molar-refractivity contribution < 1.29 is 14.0 Å². The van der Waals surface area contributed by atoms with E-state index in [0.29, 0.717) is 18.7 Å². The smallest absolute Gasteiger partial charge is 0.138 e. The van der Waals surface area contributed by atoms with Crippen LogP contribution in [0.1, 0.15) is 28.1 Å². The van der Waals surface area contributed by atoms with E-state index in [2.05, 4.69) is 10.5 Å². The molecule has 0 spiro atoms. The van der Waals surface area contributed by atoms with E-state index in [-0.39, 0.29) is 12.4 Å². The third-order valence-electron chi connectivity index (χ3n) is 3.09. The number of aromatic nitrogens is 1. The third kappa shape index (κ3) is 3.19. The molecule has 1 heterocycles. The number of benzene rings is 1. The zero-order valence-electron chi connectivity index (χ0n) is 11.0. The van der Waals surface area contributed by atoms with Crippen molar-refractivity contribution in [2.45, 2.75) is 33.5 Å². The number of aryl methyl sites for hydroxylation is 2. The number of aliphatic hydroxyl groups excluding tert-OH is 1. The molecule has 5 heteroatoms. The summed E-state index contributed by atoms with van der Waals surface area (Å²) in [5, 5.41) is 16.1. The molecule has 0 aliphatic heterocycles. The fourth-order valence-corrected chi connectivity index (χ4v) is 1.95. The fourth-order valence-electron chi connectivity index (χ4n) is 1.95. The van der Waals surface area contributed by atoms with Crippen molar-refractivity contribution in [2.24, 2.45) is 0 Å². The van der Waals surface area contributed by atoms with E-state index in [9.17, 15) is 4.39 Å². The summed E-state index contributed by atoms with van der Waals surface area (Å²) in [5.74, 6) is 0.428. The maximum absolute atomic E-state index is 13.2. The first kappa shape index (κ1) is 13.7. The molecule has 0 radical (unpaired) electrons. The molecule has 102 valence electrons. The van der Waals surface area contributed by atoms with Crippen LogP contribution in [0.2, 0.25) is 0 Å². The van der Waals surface area contributed by atoms with E-state index in [1.165, 1.54) is 6.07 Å². The minimum atomic E-state index is -0.378. The Bertz CT molecular complexity index is 547. The molecule has 1 aromatic heterocycles. The van der Waals surface area contributed by atoms with Crippen molar-refractivity contribution in [3.63, 3.8) is 0 Å². The standard InChI is InChI=1S/C14H17FN2O2/c1-9-13(10(2)19-17-9)7-16-6-11-3-4-14(15)12(5-11)8-18/h3-5,16,18H,6-8H2,1-2H3. The van der Waals surface area contributed by atoms with E-state index in [1.807, 2.05) is 13.8 Å². The Morgan fingerprint density at radius 3 is 2.74 bits per heavy atom. The fraction of sp³-hybridized carbons (Fsp3) is 0.357. The molecule has 2 rings (SSSR count). The Hall–Kier alpha value is -1.72. The highest BCUT2D eigenvalue weighted by molar-refractivity contribution is 5.25. The van der Waals surface area contributed by atoms with Crippen molar-refractivity contribution >= 4 is 0 Å². The number of nitrogens with zero attached hydrogens (tertiary/aromatic N) is 1. The second-order valence-electron chi connectivity index (χ2n) is 4.49. The summed E-state index contributed by atoms with van der Waals surface area (Å²) < 4.78 is 18.3. The van der Waals surface area contributed by atoms with Crippen molar-refractivity contribution in [2.75, 3.05) is 0 Å². The topological polar surface area (TPSA) is 58.3 Å². The van der Waals surface area contributed by atoms with Gasteiger partial charge in [0, 0.05) is 24.2 Å². The predicted octanol–water partition coefficient (Wildman–Crippen LogP) is 2.21. The van der Waals surface area contributed by atoms with Gasteiger partial charge in [-0.15, -0.1) is 0 Å². The molecule has 0 aliphatic carbocycles. The van der Waals surface area contributed by atoms with Crippen molar-refractivity contribution in [1.82, 2.24) is 10.5 Å². The molecule has 2 N–H and O–H groups in total. The van der Waals surface area contributed by atoms with E-state index >= 15 is 0 Å². The van der Waals surface area contributed by atoms with Crippen LogP contribution in [0.15, 0.2) is 22.7 Å². The number of halogens is 1. The molecule has 1 aromatic carbocycles. The number of hydrogen-bond donors (Lipinski definition) is 2. The Morgan fingerprint density at radius 1 is 1.32 bits per heavy atom. The van der Waals surface area contributed by atoms with Crippen LogP contribution in [-0.4, -0.2) is 10.3 Å². The average molecular weight is 264 g/mol. The zero-order chi connectivity index (χ0) is 13.8. The number of hydrogen-bond acceptors (Lipinski definition) is 4. The lowest BCUT2D eigenvalue weighted by molar-refractivity contribution is 0.275. The Balaban J connectivity index is 1.96. The second-order valence-corrected chi connectivity index (χ2v) is 4.49. The van der Waals surface area contributed by atoms with Gasteiger partial charge in [0.25, 0.3) is 0 Å². The van der Waals surface area contributed by atoms with Gasteiger partial charge < -0.3 is 14.9 Å². The van der Waals surface area contributed by atoms with Gasteiger partial charge >= 0.3 is 0 Å². The SMILES string of the molecule is Cc1noc(C)c1CNCc1ccc(F)c(CO)c1. The largest absolute Gasteiger partial charge is 0.392 e. The average Bonchev–Trinajstić information content (AvgIpc) is 2.72. The third-order valence-corrected chi connectivity index (χ3v) is 3.09. The van der Waals surface area contributed by atoms with Crippen LogP contribution in [0, 0.1) is 19.7 Å². The summed E-state index contributed by atoms with van der Waals surface area (Å²) in [6.45, 7) is 4.72. The summed E-state index contributed by atoms with van der Waals surface area (Å²) in [6.07, 6.45) is 0. The van der Waals surface area contributed by atoms with E-state index < -0.39 is 0 Å². The Labute approximate surface area is 111 Å². The quantitative estimate of drug-likeness (QED) is 0.869. The van der Waals surface area contributed by atoms with Crippen LogP contribution in [-0.2, 0) is 19.7 Å². The minimum absolute atomic E-state index is 0.288.